The fourth-order valence-electron chi connectivity index (χ4n) is 2.25. The van der Waals surface area contributed by atoms with Crippen LogP contribution in [0.1, 0.15) is 43.5 Å². The molecule has 1 unspecified atom stereocenters. The number of rotatable bonds is 6. The van der Waals surface area contributed by atoms with E-state index in [9.17, 15) is 5.11 Å². The number of hydrogen-bond acceptors (Lipinski definition) is 3. The molecule has 2 aromatic rings. The Kier molecular flexibility index (Phi) is 3.74. The minimum Gasteiger partial charge on any atom is -0.490 e. The Morgan fingerprint density at radius 3 is 2.70 bits per heavy atom. The molecule has 20 heavy (non-hydrogen) atoms. The lowest BCUT2D eigenvalue weighted by atomic mass is 10.1. The fourth-order valence-corrected chi connectivity index (χ4v) is 2.25. The Bertz CT molecular complexity index is 558. The SMILES string of the molecule is CCCn1nccc1C(O)c1ccc(OC2CC2)cc1. The van der Waals surface area contributed by atoms with Crippen LogP contribution >= 0.6 is 0 Å². The van der Waals surface area contributed by atoms with Crippen LogP contribution in [0, 0.1) is 0 Å². The first-order valence-corrected chi connectivity index (χ1v) is 7.24. The van der Waals surface area contributed by atoms with E-state index in [1.165, 1.54) is 0 Å². The molecule has 1 heterocycles. The van der Waals surface area contributed by atoms with Gasteiger partial charge in [0, 0.05) is 12.7 Å². The van der Waals surface area contributed by atoms with Crippen LogP contribution in [0.15, 0.2) is 36.5 Å². The molecule has 0 saturated heterocycles. The van der Waals surface area contributed by atoms with Crippen LogP contribution in [0.4, 0.5) is 0 Å². The highest BCUT2D eigenvalue weighted by Crippen LogP contribution is 2.28. The number of ether oxygens (including phenoxy) is 1. The molecule has 0 bridgehead atoms. The standard InChI is InChI=1S/C16H20N2O2/c1-2-11-18-15(9-10-17-18)16(19)12-3-5-13(6-4-12)20-14-7-8-14/h3-6,9-10,14,16,19H,2,7-8,11H2,1H3. The first-order valence-electron chi connectivity index (χ1n) is 7.24. The van der Waals surface area contributed by atoms with Crippen molar-refractivity contribution in [2.45, 2.75) is 44.9 Å². The summed E-state index contributed by atoms with van der Waals surface area (Å²) in [5.41, 5.74) is 1.70. The Balaban J connectivity index is 1.75. The van der Waals surface area contributed by atoms with Crippen LogP contribution < -0.4 is 4.74 Å². The van der Waals surface area contributed by atoms with Crippen LogP contribution in [0.25, 0.3) is 0 Å². The smallest absolute Gasteiger partial charge is 0.121 e. The van der Waals surface area contributed by atoms with E-state index in [0.29, 0.717) is 6.10 Å². The zero-order chi connectivity index (χ0) is 13.9. The molecule has 4 nitrogen and oxygen atoms in total. The molecule has 3 rings (SSSR count). The molecular formula is C16H20N2O2. The van der Waals surface area contributed by atoms with Crippen molar-refractivity contribution >= 4 is 0 Å². The first-order chi connectivity index (χ1) is 9.78. The molecule has 1 aliphatic rings. The van der Waals surface area contributed by atoms with E-state index in [1.807, 2.05) is 35.0 Å². The molecule has 4 heteroatoms. The average Bonchev–Trinajstić information content (AvgIpc) is 3.15. The van der Waals surface area contributed by atoms with Crippen molar-refractivity contribution in [2.75, 3.05) is 0 Å². The molecule has 1 saturated carbocycles. The zero-order valence-electron chi connectivity index (χ0n) is 11.7. The summed E-state index contributed by atoms with van der Waals surface area (Å²) in [4.78, 5) is 0. The molecule has 106 valence electrons. The van der Waals surface area contributed by atoms with Crippen molar-refractivity contribution in [1.82, 2.24) is 9.78 Å². The highest BCUT2D eigenvalue weighted by atomic mass is 16.5. The van der Waals surface area contributed by atoms with Crippen LogP contribution in [0.3, 0.4) is 0 Å². The van der Waals surface area contributed by atoms with Crippen molar-refractivity contribution in [3.05, 3.63) is 47.8 Å². The highest BCUT2D eigenvalue weighted by Gasteiger charge is 2.23. The maximum Gasteiger partial charge on any atom is 0.121 e. The number of aromatic nitrogens is 2. The van der Waals surface area contributed by atoms with E-state index >= 15 is 0 Å². The largest absolute Gasteiger partial charge is 0.490 e. The Morgan fingerprint density at radius 2 is 2.05 bits per heavy atom. The predicted molar refractivity (Wildman–Crippen MR) is 76.7 cm³/mol. The number of hydrogen-bond donors (Lipinski definition) is 1. The van der Waals surface area contributed by atoms with Gasteiger partial charge in [0.2, 0.25) is 0 Å². The number of aliphatic hydroxyl groups excluding tert-OH is 1. The van der Waals surface area contributed by atoms with Crippen molar-refractivity contribution in [1.29, 1.82) is 0 Å². The number of nitrogens with zero attached hydrogens (tertiary/aromatic N) is 2. The molecule has 1 fully saturated rings. The van der Waals surface area contributed by atoms with Gasteiger partial charge in [-0.3, -0.25) is 4.68 Å². The second-order valence-electron chi connectivity index (χ2n) is 5.27. The van der Waals surface area contributed by atoms with Crippen molar-refractivity contribution in [2.24, 2.45) is 0 Å². The summed E-state index contributed by atoms with van der Waals surface area (Å²) in [6.07, 6.45) is 4.80. The average molecular weight is 272 g/mol. The minimum atomic E-state index is -0.640. The zero-order valence-corrected chi connectivity index (χ0v) is 11.7. The summed E-state index contributed by atoms with van der Waals surface area (Å²) < 4.78 is 7.57. The van der Waals surface area contributed by atoms with E-state index in [4.69, 9.17) is 4.74 Å². The van der Waals surface area contributed by atoms with E-state index in [2.05, 4.69) is 12.0 Å². The molecular weight excluding hydrogens is 252 g/mol. The third-order valence-electron chi connectivity index (χ3n) is 3.49. The minimum absolute atomic E-state index is 0.400. The van der Waals surface area contributed by atoms with Gasteiger partial charge in [-0.15, -0.1) is 0 Å². The van der Waals surface area contributed by atoms with Crippen LogP contribution in [-0.2, 0) is 6.54 Å². The molecule has 1 N–H and O–H groups in total. The normalized spacial score (nSPS) is 16.1. The van der Waals surface area contributed by atoms with E-state index in [1.54, 1.807) is 6.20 Å². The van der Waals surface area contributed by atoms with Crippen molar-refractivity contribution in [3.8, 4) is 5.75 Å². The van der Waals surface area contributed by atoms with Gasteiger partial charge in [0.25, 0.3) is 0 Å². The number of benzene rings is 1. The van der Waals surface area contributed by atoms with Gasteiger partial charge >= 0.3 is 0 Å². The lowest BCUT2D eigenvalue weighted by molar-refractivity contribution is 0.207. The summed E-state index contributed by atoms with van der Waals surface area (Å²) in [6, 6.07) is 9.57. The van der Waals surface area contributed by atoms with Crippen LogP contribution in [-0.4, -0.2) is 21.0 Å². The lowest BCUT2D eigenvalue weighted by Gasteiger charge is -2.14. The van der Waals surface area contributed by atoms with Gasteiger partial charge in [0.1, 0.15) is 11.9 Å². The molecule has 0 aliphatic heterocycles. The monoisotopic (exact) mass is 272 g/mol. The summed E-state index contributed by atoms with van der Waals surface area (Å²) >= 11 is 0. The predicted octanol–water partition coefficient (Wildman–Crippen LogP) is 2.92. The maximum atomic E-state index is 10.5. The van der Waals surface area contributed by atoms with Crippen molar-refractivity contribution in [3.63, 3.8) is 0 Å². The summed E-state index contributed by atoms with van der Waals surface area (Å²) in [5, 5.41) is 14.7. The van der Waals surface area contributed by atoms with Gasteiger partial charge in [-0.25, -0.2) is 0 Å². The Labute approximate surface area is 119 Å². The van der Waals surface area contributed by atoms with E-state index < -0.39 is 6.10 Å². The first kappa shape index (κ1) is 13.2. The molecule has 0 amide bonds. The summed E-state index contributed by atoms with van der Waals surface area (Å²) in [5.74, 6) is 0.880. The second-order valence-corrected chi connectivity index (χ2v) is 5.27. The van der Waals surface area contributed by atoms with Crippen LogP contribution in [0.2, 0.25) is 0 Å². The van der Waals surface area contributed by atoms with Crippen molar-refractivity contribution < 1.29 is 9.84 Å². The summed E-state index contributed by atoms with van der Waals surface area (Å²) in [6.45, 7) is 2.92. The molecule has 1 aromatic heterocycles. The third kappa shape index (κ3) is 2.85. The molecule has 1 aliphatic carbocycles. The number of aliphatic hydroxyl groups is 1. The Morgan fingerprint density at radius 1 is 1.30 bits per heavy atom. The molecule has 1 aromatic carbocycles. The topological polar surface area (TPSA) is 47.3 Å². The second kappa shape index (κ2) is 5.67. The van der Waals surface area contributed by atoms with Gasteiger partial charge < -0.3 is 9.84 Å². The molecule has 0 spiro atoms. The number of aryl methyl sites for hydroxylation is 1. The third-order valence-corrected chi connectivity index (χ3v) is 3.49. The van der Waals surface area contributed by atoms with E-state index in [0.717, 1.165) is 42.8 Å². The molecule has 1 atom stereocenters. The fraction of sp³-hybridized carbons (Fsp3) is 0.438. The quantitative estimate of drug-likeness (QED) is 0.879. The van der Waals surface area contributed by atoms with Gasteiger partial charge in [-0.1, -0.05) is 19.1 Å². The maximum absolute atomic E-state index is 10.5. The van der Waals surface area contributed by atoms with Gasteiger partial charge in [-0.2, -0.15) is 5.10 Å². The summed E-state index contributed by atoms with van der Waals surface area (Å²) in [7, 11) is 0. The molecule has 0 radical (unpaired) electrons. The van der Waals surface area contributed by atoms with Gasteiger partial charge in [0.15, 0.2) is 0 Å². The van der Waals surface area contributed by atoms with E-state index in [-0.39, 0.29) is 0 Å². The van der Waals surface area contributed by atoms with Crippen LogP contribution in [0.5, 0.6) is 5.75 Å². The lowest BCUT2D eigenvalue weighted by Crippen LogP contribution is -2.10. The Hall–Kier alpha value is -1.81. The highest BCUT2D eigenvalue weighted by molar-refractivity contribution is 5.32. The van der Waals surface area contributed by atoms with Gasteiger partial charge in [0.05, 0.1) is 11.8 Å². The van der Waals surface area contributed by atoms with Gasteiger partial charge in [-0.05, 0) is 43.0 Å².